The van der Waals surface area contributed by atoms with Gasteiger partial charge in [0.05, 0.1) is 15.9 Å². The standard InChI is InChI=1S/C15H27BrN4/c1-6-15(4)10-20(11(2)7-8-17-15)9-13-14(16)12(3)18-19(13)5/h11,17H,6-10H2,1-5H3. The first-order valence-corrected chi connectivity index (χ1v) is 8.32. The number of hydrogen-bond acceptors (Lipinski definition) is 3. The lowest BCUT2D eigenvalue weighted by atomic mass is 9.98. The molecule has 114 valence electrons. The van der Waals surface area contributed by atoms with E-state index in [1.54, 1.807) is 0 Å². The Bertz CT molecular complexity index is 471. The summed E-state index contributed by atoms with van der Waals surface area (Å²) < 4.78 is 3.16. The van der Waals surface area contributed by atoms with Crippen molar-refractivity contribution in [1.82, 2.24) is 20.0 Å². The van der Waals surface area contributed by atoms with E-state index in [0.717, 1.165) is 36.2 Å². The van der Waals surface area contributed by atoms with Crippen molar-refractivity contribution in [3.8, 4) is 0 Å². The van der Waals surface area contributed by atoms with Gasteiger partial charge < -0.3 is 5.32 Å². The molecule has 1 aliphatic heterocycles. The van der Waals surface area contributed by atoms with Crippen LogP contribution in [0, 0.1) is 6.92 Å². The molecule has 20 heavy (non-hydrogen) atoms. The number of aryl methyl sites for hydroxylation is 2. The van der Waals surface area contributed by atoms with Gasteiger partial charge in [-0.15, -0.1) is 0 Å². The molecule has 0 amide bonds. The molecule has 0 aliphatic carbocycles. The number of aromatic nitrogens is 2. The third-order valence-corrected chi connectivity index (χ3v) is 5.72. The zero-order valence-corrected chi connectivity index (χ0v) is 14.9. The first kappa shape index (κ1) is 16.0. The van der Waals surface area contributed by atoms with Gasteiger partial charge in [0, 0.05) is 31.7 Å². The Kier molecular flexibility index (Phi) is 4.92. The lowest BCUT2D eigenvalue weighted by molar-refractivity contribution is 0.159. The second kappa shape index (κ2) is 6.16. The average molecular weight is 343 g/mol. The molecule has 1 saturated heterocycles. The van der Waals surface area contributed by atoms with Crippen LogP contribution >= 0.6 is 15.9 Å². The summed E-state index contributed by atoms with van der Waals surface area (Å²) in [6, 6.07) is 0.595. The molecule has 2 unspecified atom stereocenters. The van der Waals surface area contributed by atoms with E-state index in [-0.39, 0.29) is 5.54 Å². The third kappa shape index (κ3) is 3.26. The van der Waals surface area contributed by atoms with E-state index in [0.29, 0.717) is 6.04 Å². The van der Waals surface area contributed by atoms with Gasteiger partial charge in [-0.05, 0) is 56.1 Å². The van der Waals surface area contributed by atoms with Crippen LogP contribution in [-0.2, 0) is 13.6 Å². The molecule has 0 spiro atoms. The zero-order valence-electron chi connectivity index (χ0n) is 13.3. The van der Waals surface area contributed by atoms with E-state index in [1.165, 1.54) is 12.1 Å². The molecule has 1 N–H and O–H groups in total. The van der Waals surface area contributed by atoms with Crippen molar-refractivity contribution in [2.24, 2.45) is 7.05 Å². The Hall–Kier alpha value is -0.390. The van der Waals surface area contributed by atoms with Gasteiger partial charge in [0.15, 0.2) is 0 Å². The monoisotopic (exact) mass is 342 g/mol. The topological polar surface area (TPSA) is 33.1 Å². The molecule has 2 atom stereocenters. The maximum atomic E-state index is 4.51. The van der Waals surface area contributed by atoms with Crippen molar-refractivity contribution >= 4 is 15.9 Å². The van der Waals surface area contributed by atoms with Crippen LogP contribution in [0.1, 0.15) is 45.0 Å². The number of halogens is 1. The molecule has 0 radical (unpaired) electrons. The molecule has 4 nitrogen and oxygen atoms in total. The number of nitrogens with one attached hydrogen (secondary N) is 1. The third-order valence-electron chi connectivity index (χ3n) is 4.68. The van der Waals surface area contributed by atoms with E-state index in [1.807, 2.05) is 11.7 Å². The molecule has 2 heterocycles. The second-order valence-electron chi connectivity index (χ2n) is 6.35. The Morgan fingerprint density at radius 3 is 2.75 bits per heavy atom. The molecule has 1 fully saturated rings. The summed E-state index contributed by atoms with van der Waals surface area (Å²) in [4.78, 5) is 2.59. The van der Waals surface area contributed by atoms with E-state index >= 15 is 0 Å². The minimum absolute atomic E-state index is 0.213. The SMILES string of the molecule is CCC1(C)CN(Cc2c(Br)c(C)nn2C)C(C)CCN1. The summed E-state index contributed by atoms with van der Waals surface area (Å²) in [6.45, 7) is 12.1. The van der Waals surface area contributed by atoms with Crippen LogP contribution < -0.4 is 5.32 Å². The zero-order chi connectivity index (χ0) is 14.9. The number of nitrogens with zero attached hydrogens (tertiary/aromatic N) is 3. The first-order chi connectivity index (χ1) is 9.36. The lowest BCUT2D eigenvalue weighted by Gasteiger charge is -2.35. The van der Waals surface area contributed by atoms with Gasteiger partial charge in [0.2, 0.25) is 0 Å². The highest BCUT2D eigenvalue weighted by molar-refractivity contribution is 9.10. The normalized spacial score (nSPS) is 28.6. The fourth-order valence-corrected chi connectivity index (χ4v) is 3.38. The summed E-state index contributed by atoms with van der Waals surface area (Å²) in [7, 11) is 2.03. The molecular formula is C15H27BrN4. The van der Waals surface area contributed by atoms with Crippen LogP contribution in [0.15, 0.2) is 4.47 Å². The van der Waals surface area contributed by atoms with Crippen molar-refractivity contribution in [3.63, 3.8) is 0 Å². The Labute approximate surface area is 131 Å². The van der Waals surface area contributed by atoms with E-state index in [9.17, 15) is 0 Å². The summed E-state index contributed by atoms with van der Waals surface area (Å²) in [5, 5.41) is 8.22. The second-order valence-corrected chi connectivity index (χ2v) is 7.15. The summed E-state index contributed by atoms with van der Waals surface area (Å²) >= 11 is 3.69. The summed E-state index contributed by atoms with van der Waals surface area (Å²) in [6.07, 6.45) is 2.35. The highest BCUT2D eigenvalue weighted by Crippen LogP contribution is 2.25. The Morgan fingerprint density at radius 2 is 2.20 bits per heavy atom. The number of hydrogen-bond donors (Lipinski definition) is 1. The molecule has 0 saturated carbocycles. The van der Waals surface area contributed by atoms with Crippen LogP contribution in [0.25, 0.3) is 0 Å². The lowest BCUT2D eigenvalue weighted by Crippen LogP contribution is -2.49. The van der Waals surface area contributed by atoms with Crippen LogP contribution in [0.4, 0.5) is 0 Å². The summed E-state index contributed by atoms with van der Waals surface area (Å²) in [5.74, 6) is 0. The van der Waals surface area contributed by atoms with Gasteiger partial charge >= 0.3 is 0 Å². The molecule has 0 aromatic carbocycles. The maximum Gasteiger partial charge on any atom is 0.0739 e. The van der Waals surface area contributed by atoms with Crippen LogP contribution in [0.3, 0.4) is 0 Å². The first-order valence-electron chi connectivity index (χ1n) is 7.53. The van der Waals surface area contributed by atoms with Gasteiger partial charge in [0.25, 0.3) is 0 Å². The predicted octanol–water partition coefficient (Wildman–Crippen LogP) is 2.84. The van der Waals surface area contributed by atoms with Crippen LogP contribution in [0.5, 0.6) is 0 Å². The number of rotatable bonds is 3. The predicted molar refractivity (Wildman–Crippen MR) is 86.8 cm³/mol. The van der Waals surface area contributed by atoms with Crippen LogP contribution in [-0.4, -0.2) is 39.4 Å². The van der Waals surface area contributed by atoms with Crippen LogP contribution in [0.2, 0.25) is 0 Å². The minimum atomic E-state index is 0.213. The van der Waals surface area contributed by atoms with E-state index in [4.69, 9.17) is 0 Å². The Morgan fingerprint density at radius 1 is 1.50 bits per heavy atom. The van der Waals surface area contributed by atoms with Crippen molar-refractivity contribution in [1.29, 1.82) is 0 Å². The molecule has 2 rings (SSSR count). The van der Waals surface area contributed by atoms with E-state index in [2.05, 4.69) is 58.9 Å². The maximum absolute atomic E-state index is 4.51. The molecule has 1 aromatic heterocycles. The highest BCUT2D eigenvalue weighted by atomic mass is 79.9. The molecule has 1 aliphatic rings. The van der Waals surface area contributed by atoms with Crippen molar-refractivity contribution in [3.05, 3.63) is 15.9 Å². The van der Waals surface area contributed by atoms with Gasteiger partial charge in [-0.25, -0.2) is 0 Å². The van der Waals surface area contributed by atoms with Gasteiger partial charge in [-0.1, -0.05) is 6.92 Å². The molecule has 0 bridgehead atoms. The highest BCUT2D eigenvalue weighted by Gasteiger charge is 2.31. The van der Waals surface area contributed by atoms with Crippen molar-refractivity contribution in [2.45, 2.75) is 58.7 Å². The fourth-order valence-electron chi connectivity index (χ4n) is 2.92. The van der Waals surface area contributed by atoms with E-state index < -0.39 is 0 Å². The van der Waals surface area contributed by atoms with Gasteiger partial charge in [0.1, 0.15) is 0 Å². The van der Waals surface area contributed by atoms with Gasteiger partial charge in [-0.3, -0.25) is 9.58 Å². The van der Waals surface area contributed by atoms with Gasteiger partial charge in [-0.2, -0.15) is 5.10 Å². The summed E-state index contributed by atoms with van der Waals surface area (Å²) in [5.41, 5.74) is 2.56. The molecule has 1 aromatic rings. The van der Waals surface area contributed by atoms with Crippen molar-refractivity contribution in [2.75, 3.05) is 13.1 Å². The smallest absolute Gasteiger partial charge is 0.0739 e. The quantitative estimate of drug-likeness (QED) is 0.916. The largest absolute Gasteiger partial charge is 0.310 e. The fraction of sp³-hybridized carbons (Fsp3) is 0.800. The Balaban J connectivity index is 2.21. The molecule has 5 heteroatoms. The average Bonchev–Trinajstić information content (AvgIpc) is 2.56. The molecular weight excluding hydrogens is 316 g/mol. The van der Waals surface area contributed by atoms with Crippen molar-refractivity contribution < 1.29 is 0 Å². The minimum Gasteiger partial charge on any atom is -0.310 e.